The van der Waals surface area contributed by atoms with E-state index in [4.69, 9.17) is 4.52 Å². The van der Waals surface area contributed by atoms with Gasteiger partial charge in [0.2, 0.25) is 5.89 Å². The number of hydrogen-bond acceptors (Lipinski definition) is 4. The zero-order valence-corrected chi connectivity index (χ0v) is 12.8. The summed E-state index contributed by atoms with van der Waals surface area (Å²) in [6.07, 6.45) is 2.02. The summed E-state index contributed by atoms with van der Waals surface area (Å²) in [5.41, 5.74) is 0.981. The SMILES string of the molecule is CC(C)(C)C(O)Cc1nc(C2(c3ccccc3)CC2)no1. The molecule has 1 fully saturated rings. The molecule has 0 radical (unpaired) electrons. The second kappa shape index (κ2) is 4.95. The van der Waals surface area contributed by atoms with Crippen molar-refractivity contribution in [2.24, 2.45) is 5.41 Å². The third-order valence-electron chi connectivity index (χ3n) is 4.34. The number of rotatable bonds is 4. The van der Waals surface area contributed by atoms with Crippen molar-refractivity contribution in [3.05, 3.63) is 47.6 Å². The number of nitrogens with zero attached hydrogens (tertiary/aromatic N) is 2. The molecule has 0 aliphatic heterocycles. The summed E-state index contributed by atoms with van der Waals surface area (Å²) < 4.78 is 5.36. The van der Waals surface area contributed by atoms with Crippen molar-refractivity contribution in [2.45, 2.75) is 51.6 Å². The lowest BCUT2D eigenvalue weighted by molar-refractivity contribution is 0.0565. The van der Waals surface area contributed by atoms with Crippen LogP contribution in [0.5, 0.6) is 0 Å². The molecule has 1 saturated carbocycles. The predicted molar refractivity (Wildman–Crippen MR) is 79.9 cm³/mol. The van der Waals surface area contributed by atoms with Crippen molar-refractivity contribution in [2.75, 3.05) is 0 Å². The Hall–Kier alpha value is -1.68. The van der Waals surface area contributed by atoms with Gasteiger partial charge in [0.05, 0.1) is 17.9 Å². The van der Waals surface area contributed by atoms with Crippen LogP contribution in [0.3, 0.4) is 0 Å². The van der Waals surface area contributed by atoms with Crippen LogP contribution >= 0.6 is 0 Å². The first-order valence-electron chi connectivity index (χ1n) is 7.48. The molecule has 112 valence electrons. The van der Waals surface area contributed by atoms with Crippen LogP contribution in [-0.2, 0) is 11.8 Å². The lowest BCUT2D eigenvalue weighted by atomic mass is 9.87. The number of aliphatic hydroxyl groups excluding tert-OH is 1. The van der Waals surface area contributed by atoms with Crippen LogP contribution in [0.15, 0.2) is 34.9 Å². The molecular weight excluding hydrogens is 264 g/mol. The first-order chi connectivity index (χ1) is 9.92. The summed E-state index contributed by atoms with van der Waals surface area (Å²) in [5, 5.41) is 14.3. The molecule has 0 bridgehead atoms. The van der Waals surface area contributed by atoms with E-state index in [0.717, 1.165) is 18.7 Å². The zero-order chi connectivity index (χ0) is 15.1. The quantitative estimate of drug-likeness (QED) is 0.938. The van der Waals surface area contributed by atoms with Gasteiger partial charge in [-0.3, -0.25) is 0 Å². The Balaban J connectivity index is 1.80. The van der Waals surface area contributed by atoms with Crippen LogP contribution in [0.4, 0.5) is 0 Å². The molecule has 4 nitrogen and oxygen atoms in total. The lowest BCUT2D eigenvalue weighted by Gasteiger charge is -2.24. The van der Waals surface area contributed by atoms with Crippen molar-refractivity contribution in [3.63, 3.8) is 0 Å². The fraction of sp³-hybridized carbons (Fsp3) is 0.529. The van der Waals surface area contributed by atoms with Crippen LogP contribution in [0.25, 0.3) is 0 Å². The van der Waals surface area contributed by atoms with Gasteiger partial charge >= 0.3 is 0 Å². The van der Waals surface area contributed by atoms with Crippen molar-refractivity contribution in [1.29, 1.82) is 0 Å². The Morgan fingerprint density at radius 3 is 2.48 bits per heavy atom. The number of benzene rings is 1. The summed E-state index contributed by atoms with van der Waals surface area (Å²) in [6.45, 7) is 6.00. The first-order valence-corrected chi connectivity index (χ1v) is 7.48. The Bertz CT molecular complexity index is 609. The standard InChI is InChI=1S/C17H22N2O2/c1-16(2,3)13(20)11-14-18-15(19-21-14)17(9-10-17)12-7-5-4-6-8-12/h4-8,13,20H,9-11H2,1-3H3. The highest BCUT2D eigenvalue weighted by Crippen LogP contribution is 2.52. The van der Waals surface area contributed by atoms with Crippen LogP contribution in [0.2, 0.25) is 0 Å². The average molecular weight is 286 g/mol. The van der Waals surface area contributed by atoms with Gasteiger partial charge in [-0.1, -0.05) is 56.3 Å². The maximum atomic E-state index is 10.2. The fourth-order valence-corrected chi connectivity index (χ4v) is 2.53. The van der Waals surface area contributed by atoms with Crippen molar-refractivity contribution < 1.29 is 9.63 Å². The molecule has 21 heavy (non-hydrogen) atoms. The van der Waals surface area contributed by atoms with E-state index in [9.17, 15) is 5.11 Å². The summed E-state index contributed by atoms with van der Waals surface area (Å²) in [6, 6.07) is 10.3. The number of aliphatic hydroxyl groups is 1. The highest BCUT2D eigenvalue weighted by atomic mass is 16.5. The van der Waals surface area contributed by atoms with E-state index < -0.39 is 6.10 Å². The largest absolute Gasteiger partial charge is 0.392 e. The molecule has 3 rings (SSSR count). The maximum Gasteiger partial charge on any atom is 0.229 e. The lowest BCUT2D eigenvalue weighted by Crippen LogP contribution is -2.28. The van der Waals surface area contributed by atoms with Gasteiger partial charge in [0.25, 0.3) is 0 Å². The van der Waals surface area contributed by atoms with Crippen molar-refractivity contribution >= 4 is 0 Å². The maximum absolute atomic E-state index is 10.2. The Morgan fingerprint density at radius 2 is 1.90 bits per heavy atom. The average Bonchev–Trinajstić information content (AvgIpc) is 3.13. The fourth-order valence-electron chi connectivity index (χ4n) is 2.53. The summed E-state index contributed by atoms with van der Waals surface area (Å²) >= 11 is 0. The highest BCUT2D eigenvalue weighted by Gasteiger charge is 2.49. The van der Waals surface area contributed by atoms with E-state index in [-0.39, 0.29) is 10.8 Å². The Labute approximate surface area is 125 Å². The van der Waals surface area contributed by atoms with Gasteiger partial charge in [-0.25, -0.2) is 0 Å². The van der Waals surface area contributed by atoms with Crippen molar-refractivity contribution in [1.82, 2.24) is 10.1 Å². The molecule has 0 amide bonds. The van der Waals surface area contributed by atoms with Crippen LogP contribution in [0.1, 0.15) is 50.9 Å². The van der Waals surface area contributed by atoms with Crippen LogP contribution < -0.4 is 0 Å². The molecule has 0 spiro atoms. The molecule has 1 atom stereocenters. The second-order valence-corrected chi connectivity index (χ2v) is 7.05. The van der Waals surface area contributed by atoms with E-state index in [2.05, 4.69) is 22.3 Å². The highest BCUT2D eigenvalue weighted by molar-refractivity contribution is 5.38. The minimum absolute atomic E-state index is 0.0737. The molecule has 1 heterocycles. The number of aromatic nitrogens is 2. The molecule has 2 aromatic rings. The third-order valence-corrected chi connectivity index (χ3v) is 4.34. The molecule has 1 aliphatic carbocycles. The summed E-state index contributed by atoms with van der Waals surface area (Å²) in [5.74, 6) is 1.28. The first kappa shape index (κ1) is 14.3. The van der Waals surface area contributed by atoms with E-state index in [1.807, 2.05) is 39.0 Å². The molecule has 4 heteroatoms. The topological polar surface area (TPSA) is 59.2 Å². The molecule has 1 unspecified atom stereocenters. The summed E-state index contributed by atoms with van der Waals surface area (Å²) in [7, 11) is 0. The smallest absolute Gasteiger partial charge is 0.229 e. The van der Waals surface area contributed by atoms with Gasteiger partial charge in [0.15, 0.2) is 5.82 Å². The van der Waals surface area contributed by atoms with Gasteiger partial charge in [0.1, 0.15) is 0 Å². The molecular formula is C17H22N2O2. The molecule has 1 aromatic carbocycles. The predicted octanol–water partition coefficient (Wildman–Crippen LogP) is 3.10. The minimum atomic E-state index is -0.488. The van der Waals surface area contributed by atoms with Gasteiger partial charge in [0, 0.05) is 0 Å². The number of hydrogen-bond donors (Lipinski definition) is 1. The minimum Gasteiger partial charge on any atom is -0.392 e. The molecule has 1 N–H and O–H groups in total. The van der Waals surface area contributed by atoms with Gasteiger partial charge < -0.3 is 9.63 Å². The van der Waals surface area contributed by atoms with E-state index in [1.54, 1.807) is 0 Å². The monoisotopic (exact) mass is 286 g/mol. The van der Waals surface area contributed by atoms with Crippen LogP contribution in [-0.4, -0.2) is 21.4 Å². The molecule has 1 aromatic heterocycles. The van der Waals surface area contributed by atoms with E-state index in [0.29, 0.717) is 12.3 Å². The van der Waals surface area contributed by atoms with E-state index in [1.165, 1.54) is 5.56 Å². The zero-order valence-electron chi connectivity index (χ0n) is 12.8. The van der Waals surface area contributed by atoms with Gasteiger partial charge in [-0.2, -0.15) is 4.98 Å². The third kappa shape index (κ3) is 2.72. The second-order valence-electron chi connectivity index (χ2n) is 7.05. The van der Waals surface area contributed by atoms with Crippen LogP contribution in [0, 0.1) is 5.41 Å². The molecule has 1 aliphatic rings. The van der Waals surface area contributed by atoms with Gasteiger partial charge in [-0.05, 0) is 23.8 Å². The summed E-state index contributed by atoms with van der Waals surface area (Å²) in [4.78, 5) is 4.54. The molecule has 0 saturated heterocycles. The van der Waals surface area contributed by atoms with E-state index >= 15 is 0 Å². The van der Waals surface area contributed by atoms with Gasteiger partial charge in [-0.15, -0.1) is 0 Å². The Kier molecular flexibility index (Phi) is 3.36. The normalized spacial score (nSPS) is 18.5. The Morgan fingerprint density at radius 1 is 1.24 bits per heavy atom. The van der Waals surface area contributed by atoms with Crippen molar-refractivity contribution in [3.8, 4) is 0 Å².